The van der Waals surface area contributed by atoms with Crippen LogP contribution in [0.25, 0.3) is 0 Å². The first-order valence-corrected chi connectivity index (χ1v) is 4.04. The van der Waals surface area contributed by atoms with E-state index in [1.54, 1.807) is 0 Å². The van der Waals surface area contributed by atoms with E-state index in [9.17, 15) is 4.79 Å². The van der Waals surface area contributed by atoms with Crippen LogP contribution in [0.4, 0.5) is 0 Å². The zero-order chi connectivity index (χ0) is 8.97. The molecule has 1 rings (SSSR count). The highest BCUT2D eigenvalue weighted by molar-refractivity contribution is 5.69. The molecule has 0 amide bonds. The molecule has 12 heavy (non-hydrogen) atoms. The molecule has 0 aliphatic carbocycles. The van der Waals surface area contributed by atoms with E-state index in [1.807, 2.05) is 6.92 Å². The lowest BCUT2D eigenvalue weighted by atomic mass is 10.4. The number of epoxide rings is 1. The van der Waals surface area contributed by atoms with Crippen molar-refractivity contribution >= 4 is 5.97 Å². The van der Waals surface area contributed by atoms with Crippen molar-refractivity contribution in [3.8, 4) is 0 Å². The Morgan fingerprint density at radius 3 is 2.75 bits per heavy atom. The Kier molecular flexibility index (Phi) is 3.49. The molecule has 1 aliphatic rings. The molecule has 0 radical (unpaired) electrons. The normalized spacial score (nSPS) is 26.8. The molecular weight excluding hydrogens is 160 g/mol. The third-order valence-electron chi connectivity index (χ3n) is 1.80. The van der Waals surface area contributed by atoms with Crippen LogP contribution in [0.1, 0.15) is 13.3 Å². The van der Waals surface area contributed by atoms with E-state index < -0.39 is 0 Å². The molecule has 4 heteroatoms. The van der Waals surface area contributed by atoms with E-state index in [-0.39, 0.29) is 12.1 Å². The van der Waals surface area contributed by atoms with Crippen molar-refractivity contribution in [1.82, 2.24) is 0 Å². The molecule has 0 unspecified atom stereocenters. The fourth-order valence-corrected chi connectivity index (χ4v) is 0.862. The zero-order valence-electron chi connectivity index (χ0n) is 7.41. The Balaban J connectivity index is 1.86. The van der Waals surface area contributed by atoms with Gasteiger partial charge < -0.3 is 14.2 Å². The van der Waals surface area contributed by atoms with E-state index >= 15 is 0 Å². The number of hydrogen-bond acceptors (Lipinski definition) is 4. The first-order chi connectivity index (χ1) is 5.74. The van der Waals surface area contributed by atoms with Gasteiger partial charge in [0.1, 0.15) is 6.10 Å². The van der Waals surface area contributed by atoms with Gasteiger partial charge in [0.15, 0.2) is 0 Å². The average molecular weight is 174 g/mol. The van der Waals surface area contributed by atoms with Gasteiger partial charge in [-0.2, -0.15) is 0 Å². The Morgan fingerprint density at radius 2 is 2.25 bits per heavy atom. The summed E-state index contributed by atoms with van der Waals surface area (Å²) in [6.45, 7) is 2.99. The summed E-state index contributed by atoms with van der Waals surface area (Å²) in [4.78, 5) is 10.6. The summed E-state index contributed by atoms with van der Waals surface area (Å²) in [6, 6.07) is 0. The first kappa shape index (κ1) is 9.48. The molecule has 1 aliphatic heterocycles. The minimum Gasteiger partial charge on any atom is -0.469 e. The van der Waals surface area contributed by atoms with Crippen LogP contribution in [-0.2, 0) is 19.0 Å². The molecule has 1 fully saturated rings. The second-order valence-electron chi connectivity index (χ2n) is 2.78. The van der Waals surface area contributed by atoms with Crippen molar-refractivity contribution in [1.29, 1.82) is 0 Å². The van der Waals surface area contributed by atoms with Gasteiger partial charge in [-0.15, -0.1) is 0 Å². The Morgan fingerprint density at radius 1 is 1.58 bits per heavy atom. The van der Waals surface area contributed by atoms with Gasteiger partial charge >= 0.3 is 5.97 Å². The maximum atomic E-state index is 10.6. The predicted molar refractivity (Wildman–Crippen MR) is 41.8 cm³/mol. The molecule has 0 bridgehead atoms. The number of hydrogen-bond donors (Lipinski definition) is 0. The van der Waals surface area contributed by atoms with Gasteiger partial charge in [0.05, 0.1) is 32.8 Å². The predicted octanol–water partition coefficient (Wildman–Crippen LogP) is 0.353. The van der Waals surface area contributed by atoms with Gasteiger partial charge in [0.25, 0.3) is 0 Å². The van der Waals surface area contributed by atoms with Crippen LogP contribution in [0.2, 0.25) is 0 Å². The van der Waals surface area contributed by atoms with Crippen LogP contribution in [0.5, 0.6) is 0 Å². The van der Waals surface area contributed by atoms with Crippen molar-refractivity contribution in [2.24, 2.45) is 0 Å². The highest BCUT2D eigenvalue weighted by Crippen LogP contribution is 2.20. The summed E-state index contributed by atoms with van der Waals surface area (Å²) in [5.41, 5.74) is 0. The second kappa shape index (κ2) is 4.42. The average Bonchev–Trinajstić information content (AvgIpc) is 2.75. The van der Waals surface area contributed by atoms with Crippen LogP contribution >= 0.6 is 0 Å². The fraction of sp³-hybridized carbons (Fsp3) is 0.875. The van der Waals surface area contributed by atoms with Crippen molar-refractivity contribution < 1.29 is 19.0 Å². The topological polar surface area (TPSA) is 48.1 Å². The summed E-state index contributed by atoms with van der Waals surface area (Å²) < 4.78 is 14.7. The maximum absolute atomic E-state index is 10.6. The fourth-order valence-electron chi connectivity index (χ4n) is 0.862. The van der Waals surface area contributed by atoms with E-state index in [4.69, 9.17) is 9.47 Å². The van der Waals surface area contributed by atoms with Crippen LogP contribution in [-0.4, -0.2) is 38.5 Å². The third-order valence-corrected chi connectivity index (χ3v) is 1.80. The minimum atomic E-state index is -0.236. The summed E-state index contributed by atoms with van der Waals surface area (Å²) in [5, 5.41) is 0. The zero-order valence-corrected chi connectivity index (χ0v) is 7.41. The molecule has 70 valence electrons. The number of ether oxygens (including phenoxy) is 3. The van der Waals surface area contributed by atoms with Gasteiger partial charge in [-0.25, -0.2) is 0 Å². The molecule has 1 heterocycles. The van der Waals surface area contributed by atoms with Gasteiger partial charge in [-0.1, -0.05) is 0 Å². The summed E-state index contributed by atoms with van der Waals surface area (Å²) in [6.07, 6.45) is 0.878. The smallest absolute Gasteiger partial charge is 0.307 e. The highest BCUT2D eigenvalue weighted by atomic mass is 16.6. The molecule has 0 N–H and O–H groups in total. The van der Waals surface area contributed by atoms with Crippen molar-refractivity contribution in [3.05, 3.63) is 0 Å². The van der Waals surface area contributed by atoms with E-state index in [0.29, 0.717) is 25.7 Å². The SMILES string of the molecule is COC(=O)CCOC[C@@H]1O[C@H]1C. The summed E-state index contributed by atoms with van der Waals surface area (Å²) in [5.74, 6) is -0.236. The van der Waals surface area contributed by atoms with Crippen LogP contribution in [0.3, 0.4) is 0 Å². The van der Waals surface area contributed by atoms with E-state index in [1.165, 1.54) is 7.11 Å². The second-order valence-corrected chi connectivity index (χ2v) is 2.78. The Hall–Kier alpha value is -0.610. The number of esters is 1. The molecule has 0 aromatic carbocycles. The lowest BCUT2D eigenvalue weighted by Crippen LogP contribution is -2.09. The van der Waals surface area contributed by atoms with Crippen molar-refractivity contribution in [3.63, 3.8) is 0 Å². The lowest BCUT2D eigenvalue weighted by Gasteiger charge is -1.99. The van der Waals surface area contributed by atoms with Crippen LogP contribution in [0, 0.1) is 0 Å². The molecule has 4 nitrogen and oxygen atoms in total. The molecule has 0 aromatic heterocycles. The molecule has 0 aromatic rings. The Labute approximate surface area is 71.8 Å². The largest absolute Gasteiger partial charge is 0.469 e. The quantitative estimate of drug-likeness (QED) is 0.343. The molecule has 0 saturated carbocycles. The molecule has 1 saturated heterocycles. The van der Waals surface area contributed by atoms with Gasteiger partial charge in [-0.05, 0) is 6.92 Å². The molecule has 2 atom stereocenters. The van der Waals surface area contributed by atoms with Crippen LogP contribution < -0.4 is 0 Å². The van der Waals surface area contributed by atoms with Gasteiger partial charge in [0, 0.05) is 0 Å². The number of rotatable bonds is 5. The minimum absolute atomic E-state index is 0.236. The standard InChI is InChI=1S/C8H14O4/c1-6-7(12-6)5-11-4-3-8(9)10-2/h6-7H,3-5H2,1-2H3/t6-,7-/m0/s1. The number of carbonyl (C=O) groups is 1. The highest BCUT2D eigenvalue weighted by Gasteiger charge is 2.33. The van der Waals surface area contributed by atoms with Crippen molar-refractivity contribution in [2.75, 3.05) is 20.3 Å². The first-order valence-electron chi connectivity index (χ1n) is 4.04. The maximum Gasteiger partial charge on any atom is 0.307 e. The van der Waals surface area contributed by atoms with E-state index in [2.05, 4.69) is 4.74 Å². The Bertz CT molecular complexity index is 157. The van der Waals surface area contributed by atoms with Gasteiger partial charge in [-0.3, -0.25) is 4.79 Å². The monoisotopic (exact) mass is 174 g/mol. The third kappa shape index (κ3) is 3.19. The van der Waals surface area contributed by atoms with Gasteiger partial charge in [0.2, 0.25) is 0 Å². The van der Waals surface area contributed by atoms with E-state index in [0.717, 1.165) is 0 Å². The van der Waals surface area contributed by atoms with Crippen molar-refractivity contribution in [2.45, 2.75) is 25.6 Å². The van der Waals surface area contributed by atoms with Crippen LogP contribution in [0.15, 0.2) is 0 Å². The summed E-state index contributed by atoms with van der Waals surface area (Å²) >= 11 is 0. The number of carbonyl (C=O) groups excluding carboxylic acids is 1. The molecule has 0 spiro atoms. The lowest BCUT2D eigenvalue weighted by molar-refractivity contribution is -0.141. The summed E-state index contributed by atoms with van der Waals surface area (Å²) in [7, 11) is 1.37. The molecular formula is C8H14O4. The number of methoxy groups -OCH3 is 1.